The number of thioether (sulfide) groups is 2. The normalized spacial score (nSPS) is 23.5. The zero-order valence-corrected chi connectivity index (χ0v) is 21.3. The van der Waals surface area contributed by atoms with Crippen LogP contribution in [0.2, 0.25) is 0 Å². The molecule has 0 spiro atoms. The lowest BCUT2D eigenvalue weighted by atomic mass is 9.89. The minimum absolute atomic E-state index is 0.0161. The van der Waals surface area contributed by atoms with Crippen LogP contribution in [-0.2, 0) is 19.2 Å². The highest BCUT2D eigenvalue weighted by Crippen LogP contribution is 2.44. The van der Waals surface area contributed by atoms with Gasteiger partial charge in [0.2, 0.25) is 23.3 Å². The highest BCUT2D eigenvalue weighted by Gasteiger charge is 2.57. The van der Waals surface area contributed by atoms with Gasteiger partial charge in [-0.2, -0.15) is 9.36 Å². The topological polar surface area (TPSA) is 229 Å². The highest BCUT2D eigenvalue weighted by molar-refractivity contribution is 8.00. The Morgan fingerprint density at radius 2 is 2.22 bits per heavy atom. The molecule has 36 heavy (non-hydrogen) atoms. The summed E-state index contributed by atoms with van der Waals surface area (Å²) in [7, 11) is 0. The van der Waals surface area contributed by atoms with E-state index in [1.54, 1.807) is 6.92 Å². The number of β-lactam (4-membered cyclic amide) rings is 1. The maximum atomic E-state index is 12.9. The molecule has 192 valence electrons. The fraction of sp³-hybridized carbons (Fsp3) is 0.444. The van der Waals surface area contributed by atoms with Gasteiger partial charge in [-0.3, -0.25) is 20.2 Å². The second kappa shape index (κ2) is 10.3. The van der Waals surface area contributed by atoms with Gasteiger partial charge in [-0.25, -0.2) is 0 Å². The molecular formula is C18H23N10O5S3+. The van der Waals surface area contributed by atoms with Gasteiger partial charge in [0.1, 0.15) is 29.6 Å². The van der Waals surface area contributed by atoms with E-state index in [0.717, 1.165) is 23.3 Å². The van der Waals surface area contributed by atoms with Crippen LogP contribution in [0.1, 0.15) is 12.7 Å². The van der Waals surface area contributed by atoms with Crippen LogP contribution in [0.4, 0.5) is 10.9 Å². The molecule has 2 unspecified atom stereocenters. The van der Waals surface area contributed by atoms with Crippen molar-refractivity contribution in [2.45, 2.75) is 23.5 Å². The van der Waals surface area contributed by atoms with E-state index in [9.17, 15) is 19.5 Å². The first-order valence-corrected chi connectivity index (χ1v) is 13.3. The van der Waals surface area contributed by atoms with Gasteiger partial charge in [0.05, 0.1) is 0 Å². The van der Waals surface area contributed by atoms with Gasteiger partial charge < -0.3 is 31.6 Å². The Hall–Kier alpha value is -3.38. The maximum absolute atomic E-state index is 12.9. The third-order valence-electron chi connectivity index (χ3n) is 5.37. The van der Waals surface area contributed by atoms with E-state index in [2.05, 4.69) is 24.8 Å². The molecule has 0 aliphatic carbocycles. The van der Waals surface area contributed by atoms with E-state index in [1.807, 2.05) is 0 Å². The first kappa shape index (κ1) is 25.7. The molecule has 0 radical (unpaired) electrons. The first-order chi connectivity index (χ1) is 17.1. The standard InChI is InChI=1S/C18H22N10O5S3/c1-2-33-25-9(11-24-16(20)36-26-11)12(29)23-10-13(30)27-5-18(15(31)32,6-34-14(10)27)7-35-17-22-8(19)3-4-28(17)21/h3-4,10,14,19H,2,5-7,21H2,1H3,(H4,20,23,24,26,29,31,32)/p+1/t10?,14-,18?/m1/s1. The number of fused-ring (bicyclic) bond motifs is 1. The Kier molecular flexibility index (Phi) is 7.36. The molecule has 0 aromatic carbocycles. The minimum atomic E-state index is -1.25. The molecule has 2 aliphatic rings. The number of carboxylic acids is 1. The number of amides is 2. The monoisotopic (exact) mass is 555 g/mol. The third kappa shape index (κ3) is 4.96. The Morgan fingerprint density at radius 1 is 1.44 bits per heavy atom. The van der Waals surface area contributed by atoms with E-state index >= 15 is 0 Å². The van der Waals surface area contributed by atoms with Crippen molar-refractivity contribution in [2.75, 3.05) is 42.0 Å². The van der Waals surface area contributed by atoms with Crippen LogP contribution in [-0.4, -0.2) is 83.9 Å². The molecule has 15 nitrogen and oxygen atoms in total. The third-order valence-corrected chi connectivity index (χ3v) is 8.75. The number of nitrogens with two attached hydrogens (primary N) is 3. The summed E-state index contributed by atoms with van der Waals surface area (Å²) < 4.78 is 5.23. The Labute approximate surface area is 217 Å². The van der Waals surface area contributed by atoms with E-state index in [1.165, 1.54) is 33.6 Å². The van der Waals surface area contributed by atoms with Crippen LogP contribution >= 0.6 is 35.1 Å². The van der Waals surface area contributed by atoms with Crippen LogP contribution in [0, 0.1) is 5.41 Å². The maximum Gasteiger partial charge on any atom is 0.384 e. The lowest BCUT2D eigenvalue weighted by Gasteiger charge is -2.53. The van der Waals surface area contributed by atoms with Crippen LogP contribution in [0.5, 0.6) is 0 Å². The number of carbonyl (C=O) groups is 3. The van der Waals surface area contributed by atoms with Crippen LogP contribution in [0.25, 0.3) is 0 Å². The number of nitrogens with one attached hydrogen (secondary N) is 1. The summed E-state index contributed by atoms with van der Waals surface area (Å²) in [5.41, 5.74) is 9.85. The number of aliphatic carboxylic acids is 1. The summed E-state index contributed by atoms with van der Waals surface area (Å²) >= 11 is 3.30. The zero-order valence-electron chi connectivity index (χ0n) is 18.9. The van der Waals surface area contributed by atoms with Crippen molar-refractivity contribution in [3.63, 3.8) is 0 Å². The van der Waals surface area contributed by atoms with Gasteiger partial charge in [0, 0.05) is 35.6 Å². The molecule has 2 amide bonds. The Balaban J connectivity index is 1.44. The fourth-order valence-electron chi connectivity index (χ4n) is 3.50. The van der Waals surface area contributed by atoms with Crippen molar-refractivity contribution in [1.29, 1.82) is 0 Å². The van der Waals surface area contributed by atoms with Crippen molar-refractivity contribution < 1.29 is 29.0 Å². The molecule has 4 heterocycles. The molecule has 2 aromatic heterocycles. The summed E-state index contributed by atoms with van der Waals surface area (Å²) in [6.45, 7) is 1.86. The SMILES string of the molecule is CCON=C(C(=O)NC1C(=O)N2CC(CSc3nc(N)cc[n+]3N)(C(=O)O)CS[C@H]12)c1nsc(N)n1. The molecule has 3 atom stereocenters. The van der Waals surface area contributed by atoms with Gasteiger partial charge in [-0.05, 0) is 23.7 Å². The number of hydrogen-bond donors (Lipinski definition) is 5. The number of aromatic nitrogens is 4. The second-order valence-corrected chi connectivity index (χ2v) is 10.7. The van der Waals surface area contributed by atoms with Gasteiger partial charge >= 0.3 is 11.1 Å². The number of nitrogens with zero attached hydrogens (tertiary/aromatic N) is 6. The number of anilines is 2. The molecule has 0 bridgehead atoms. The van der Waals surface area contributed by atoms with Crippen LogP contribution < -0.4 is 27.3 Å². The summed E-state index contributed by atoms with van der Waals surface area (Å²) in [4.78, 5) is 52.6. The van der Waals surface area contributed by atoms with Crippen molar-refractivity contribution in [1.82, 2.24) is 24.6 Å². The second-order valence-electron chi connectivity index (χ2n) is 7.85. The lowest BCUT2D eigenvalue weighted by molar-refractivity contribution is -0.682. The minimum Gasteiger partial charge on any atom is -0.481 e. The van der Waals surface area contributed by atoms with E-state index < -0.39 is 34.6 Å². The molecule has 18 heteroatoms. The summed E-state index contributed by atoms with van der Waals surface area (Å²) in [6.07, 6.45) is 1.52. The number of hydrogen-bond acceptors (Lipinski definition) is 14. The van der Waals surface area contributed by atoms with Gasteiger partial charge in [-0.1, -0.05) is 5.16 Å². The van der Waals surface area contributed by atoms with E-state index in [-0.39, 0.29) is 47.1 Å². The quantitative estimate of drug-likeness (QED) is 0.0434. The first-order valence-electron chi connectivity index (χ1n) is 10.5. The van der Waals surface area contributed by atoms with Crippen molar-refractivity contribution in [2.24, 2.45) is 10.6 Å². The number of rotatable bonds is 9. The van der Waals surface area contributed by atoms with Gasteiger partial charge in [0.15, 0.2) is 5.13 Å². The number of carboxylic acid groups (broad SMARTS) is 1. The molecule has 2 fully saturated rings. The molecule has 4 rings (SSSR count). The summed E-state index contributed by atoms with van der Waals surface area (Å²) in [6, 6.07) is 0.654. The lowest BCUT2D eigenvalue weighted by Crippen LogP contribution is -2.74. The fourth-order valence-corrected chi connectivity index (χ4v) is 6.70. The highest BCUT2D eigenvalue weighted by atomic mass is 32.2. The van der Waals surface area contributed by atoms with E-state index in [0.29, 0.717) is 5.16 Å². The molecule has 8 N–H and O–H groups in total. The summed E-state index contributed by atoms with van der Waals surface area (Å²) in [5.74, 6) is 4.24. The van der Waals surface area contributed by atoms with Crippen LogP contribution in [0.3, 0.4) is 0 Å². The zero-order chi connectivity index (χ0) is 26.0. The van der Waals surface area contributed by atoms with Crippen molar-refractivity contribution in [3.05, 3.63) is 18.1 Å². The molecule has 0 saturated carbocycles. The van der Waals surface area contributed by atoms with Crippen LogP contribution in [0.15, 0.2) is 22.6 Å². The van der Waals surface area contributed by atoms with Crippen molar-refractivity contribution >= 4 is 69.5 Å². The van der Waals surface area contributed by atoms with E-state index in [4.69, 9.17) is 22.1 Å². The average Bonchev–Trinajstić information content (AvgIpc) is 3.28. The predicted octanol–water partition coefficient (Wildman–Crippen LogP) is -1.90. The van der Waals surface area contributed by atoms with Gasteiger partial charge in [0.25, 0.3) is 5.91 Å². The molecular weight excluding hydrogens is 532 g/mol. The molecule has 2 aromatic rings. The smallest absolute Gasteiger partial charge is 0.384 e. The van der Waals surface area contributed by atoms with Crippen molar-refractivity contribution in [3.8, 4) is 0 Å². The number of nitrogen functional groups attached to an aromatic ring is 3. The Bertz CT molecular complexity index is 1230. The average molecular weight is 556 g/mol. The molecule has 2 aliphatic heterocycles. The van der Waals surface area contributed by atoms with Gasteiger partial charge in [-0.15, -0.1) is 16.4 Å². The largest absolute Gasteiger partial charge is 0.481 e. The predicted molar refractivity (Wildman–Crippen MR) is 132 cm³/mol. The number of carbonyl (C=O) groups excluding carboxylic acids is 2. The number of oxime groups is 1. The molecule has 2 saturated heterocycles. The summed E-state index contributed by atoms with van der Waals surface area (Å²) in [5, 5.41) is 16.5. The Morgan fingerprint density at radius 3 is 2.89 bits per heavy atom.